The molecule has 0 aliphatic carbocycles. The molecular formula is C33H36O13. The summed E-state index contributed by atoms with van der Waals surface area (Å²) in [7, 11) is 2.81. The summed E-state index contributed by atoms with van der Waals surface area (Å²) in [5.74, 6) is -2.24. The SMILES string of the molecule is COc1cc(/C=C/C(O)=C/C(=O)/C=C/c2ccc(O[C@@H]3O[C@H](C)[C@@H](OC(C)=O)[C@H](OC(C)=O)[C@H]3OC(C)=O)c(OC)c2)ccc1O. The second kappa shape index (κ2) is 16.1. The molecule has 0 saturated carbocycles. The van der Waals surface area contributed by atoms with Gasteiger partial charge in [-0.05, 0) is 54.5 Å². The highest BCUT2D eigenvalue weighted by Gasteiger charge is 2.51. The van der Waals surface area contributed by atoms with E-state index in [1.54, 1.807) is 37.3 Å². The molecule has 246 valence electrons. The minimum atomic E-state index is -1.31. The van der Waals surface area contributed by atoms with Crippen LogP contribution in [0.2, 0.25) is 0 Å². The second-order valence-corrected chi connectivity index (χ2v) is 10.0. The Kier molecular flexibility index (Phi) is 12.3. The summed E-state index contributed by atoms with van der Waals surface area (Å²) in [6.07, 6.45) is 0.875. The van der Waals surface area contributed by atoms with Gasteiger partial charge in [-0.1, -0.05) is 24.3 Å². The molecule has 13 heteroatoms. The Bertz CT molecular complexity index is 1520. The zero-order chi connectivity index (χ0) is 34.0. The number of esters is 3. The molecule has 2 aromatic carbocycles. The van der Waals surface area contributed by atoms with Gasteiger partial charge in [0.05, 0.1) is 20.3 Å². The highest BCUT2D eigenvalue weighted by atomic mass is 16.7. The van der Waals surface area contributed by atoms with Crippen molar-refractivity contribution < 1.29 is 62.5 Å². The number of methoxy groups -OCH3 is 2. The van der Waals surface area contributed by atoms with Crippen molar-refractivity contribution in [1.29, 1.82) is 0 Å². The van der Waals surface area contributed by atoms with E-state index in [4.69, 9.17) is 33.2 Å². The summed E-state index contributed by atoms with van der Waals surface area (Å²) < 4.78 is 38.6. The number of allylic oxidation sites excluding steroid dienone is 3. The standard InChI is InChI=1S/C33H36O13/c1-18-30(43-19(2)34)31(44-20(3)35)32(45-21(4)36)33(42-18)46-27-14-10-23(16-29(27)41-6)8-12-25(38)17-24(37)11-7-22-9-13-26(39)28(15-22)40-5/h7-18,30-33,37,39H,1-6H3/b11-7+,12-8+,24-17-/t18-,30-,31+,32-,33+/m1/s1. The number of aliphatic hydroxyl groups is 1. The Morgan fingerprint density at radius 1 is 0.739 bits per heavy atom. The minimum absolute atomic E-state index is 0.0265. The Morgan fingerprint density at radius 3 is 1.89 bits per heavy atom. The molecule has 5 atom stereocenters. The van der Waals surface area contributed by atoms with E-state index in [1.165, 1.54) is 51.5 Å². The third kappa shape index (κ3) is 9.86. The predicted octanol–water partition coefficient (Wildman–Crippen LogP) is 4.07. The van der Waals surface area contributed by atoms with Gasteiger partial charge in [-0.3, -0.25) is 19.2 Å². The first-order valence-electron chi connectivity index (χ1n) is 14.0. The fraction of sp³-hybridized carbons (Fsp3) is 0.333. The molecule has 1 aliphatic heterocycles. The van der Waals surface area contributed by atoms with Crippen LogP contribution >= 0.6 is 0 Å². The van der Waals surface area contributed by atoms with Gasteiger partial charge in [0.2, 0.25) is 12.4 Å². The predicted molar refractivity (Wildman–Crippen MR) is 163 cm³/mol. The number of benzene rings is 2. The van der Waals surface area contributed by atoms with Crippen LogP contribution < -0.4 is 14.2 Å². The largest absolute Gasteiger partial charge is 0.508 e. The van der Waals surface area contributed by atoms with E-state index in [0.29, 0.717) is 11.1 Å². The first kappa shape index (κ1) is 35.2. The molecule has 0 unspecified atom stereocenters. The molecule has 46 heavy (non-hydrogen) atoms. The number of phenols is 1. The number of aliphatic hydroxyl groups excluding tert-OH is 1. The van der Waals surface area contributed by atoms with Crippen molar-refractivity contribution in [3.63, 3.8) is 0 Å². The van der Waals surface area contributed by atoms with Crippen molar-refractivity contribution in [1.82, 2.24) is 0 Å². The summed E-state index contributed by atoms with van der Waals surface area (Å²) in [6.45, 7) is 5.08. The first-order chi connectivity index (χ1) is 21.8. The lowest BCUT2D eigenvalue weighted by atomic mass is 9.99. The summed E-state index contributed by atoms with van der Waals surface area (Å²) >= 11 is 0. The number of hydrogen-bond donors (Lipinski definition) is 2. The van der Waals surface area contributed by atoms with Gasteiger partial charge in [-0.25, -0.2) is 0 Å². The molecule has 1 aliphatic rings. The molecular weight excluding hydrogens is 604 g/mol. The molecule has 0 amide bonds. The van der Waals surface area contributed by atoms with Crippen LogP contribution in [-0.4, -0.2) is 78.8 Å². The zero-order valence-electron chi connectivity index (χ0n) is 26.1. The Morgan fingerprint density at radius 2 is 1.28 bits per heavy atom. The Balaban J connectivity index is 1.77. The number of carbonyl (C=O) groups excluding carboxylic acids is 4. The van der Waals surface area contributed by atoms with Crippen LogP contribution in [0.1, 0.15) is 38.8 Å². The average molecular weight is 641 g/mol. The van der Waals surface area contributed by atoms with Crippen LogP contribution in [0.3, 0.4) is 0 Å². The third-order valence-electron chi connectivity index (χ3n) is 6.44. The van der Waals surface area contributed by atoms with Crippen LogP contribution in [0.4, 0.5) is 0 Å². The lowest BCUT2D eigenvalue weighted by molar-refractivity contribution is -0.280. The fourth-order valence-electron chi connectivity index (χ4n) is 4.47. The maximum absolute atomic E-state index is 12.4. The molecule has 0 radical (unpaired) electrons. The Hall–Kier alpha value is -5.30. The zero-order valence-corrected chi connectivity index (χ0v) is 26.1. The number of ketones is 1. The van der Waals surface area contributed by atoms with Gasteiger partial charge in [0.25, 0.3) is 0 Å². The van der Waals surface area contributed by atoms with Gasteiger partial charge in [-0.2, -0.15) is 0 Å². The van der Waals surface area contributed by atoms with E-state index < -0.39 is 54.4 Å². The lowest BCUT2D eigenvalue weighted by Crippen LogP contribution is -2.62. The molecule has 1 heterocycles. The van der Waals surface area contributed by atoms with Crippen molar-refractivity contribution in [2.45, 2.75) is 58.4 Å². The molecule has 1 saturated heterocycles. The van der Waals surface area contributed by atoms with Crippen LogP contribution in [-0.2, 0) is 38.1 Å². The van der Waals surface area contributed by atoms with Crippen LogP contribution in [0.15, 0.2) is 60.4 Å². The normalized spacial score (nSPS) is 21.4. The highest BCUT2D eigenvalue weighted by Crippen LogP contribution is 2.35. The summed E-state index contributed by atoms with van der Waals surface area (Å²) in [4.78, 5) is 48.0. The van der Waals surface area contributed by atoms with Gasteiger partial charge in [0.1, 0.15) is 5.76 Å². The summed E-state index contributed by atoms with van der Waals surface area (Å²) in [6, 6.07) is 9.33. The number of phenolic OH excluding ortho intramolecular Hbond substituents is 1. The van der Waals surface area contributed by atoms with Gasteiger partial charge in [-0.15, -0.1) is 0 Å². The van der Waals surface area contributed by atoms with E-state index in [1.807, 2.05) is 0 Å². The first-order valence-corrected chi connectivity index (χ1v) is 14.0. The maximum Gasteiger partial charge on any atom is 0.303 e. The number of ether oxygens (including phenoxy) is 7. The molecule has 2 aromatic rings. The third-order valence-corrected chi connectivity index (χ3v) is 6.44. The van der Waals surface area contributed by atoms with Gasteiger partial charge >= 0.3 is 17.9 Å². The molecule has 0 spiro atoms. The summed E-state index contributed by atoms with van der Waals surface area (Å²) in [5, 5.41) is 19.9. The van der Waals surface area contributed by atoms with Gasteiger partial charge < -0.3 is 43.4 Å². The molecule has 3 rings (SSSR count). The van der Waals surface area contributed by atoms with E-state index in [9.17, 15) is 29.4 Å². The van der Waals surface area contributed by atoms with Gasteiger partial charge in [0.15, 0.2) is 41.0 Å². The lowest BCUT2D eigenvalue weighted by Gasteiger charge is -2.43. The van der Waals surface area contributed by atoms with Gasteiger partial charge in [0, 0.05) is 26.8 Å². The number of hydrogen-bond acceptors (Lipinski definition) is 13. The number of aromatic hydroxyl groups is 1. The van der Waals surface area contributed by atoms with E-state index in [0.717, 1.165) is 19.9 Å². The van der Waals surface area contributed by atoms with Crippen LogP contribution in [0.5, 0.6) is 23.0 Å². The fourth-order valence-corrected chi connectivity index (χ4v) is 4.47. The molecule has 13 nitrogen and oxygen atoms in total. The maximum atomic E-state index is 12.4. The topological polar surface area (TPSA) is 173 Å². The number of rotatable bonds is 12. The average Bonchev–Trinajstić information content (AvgIpc) is 2.99. The molecule has 2 N–H and O–H groups in total. The van der Waals surface area contributed by atoms with Crippen molar-refractivity contribution in [2.75, 3.05) is 14.2 Å². The Labute approximate surface area is 265 Å². The second-order valence-electron chi connectivity index (χ2n) is 10.0. The molecule has 1 fully saturated rings. The smallest absolute Gasteiger partial charge is 0.303 e. The quantitative estimate of drug-likeness (QED) is 0.112. The van der Waals surface area contributed by atoms with Crippen LogP contribution in [0, 0.1) is 0 Å². The molecule has 0 aromatic heterocycles. The van der Waals surface area contributed by atoms with Crippen molar-refractivity contribution in [2.24, 2.45) is 0 Å². The van der Waals surface area contributed by atoms with Crippen molar-refractivity contribution in [3.8, 4) is 23.0 Å². The van der Waals surface area contributed by atoms with E-state index in [2.05, 4.69) is 0 Å². The molecule has 0 bridgehead atoms. The van der Waals surface area contributed by atoms with Crippen molar-refractivity contribution in [3.05, 3.63) is 71.5 Å². The van der Waals surface area contributed by atoms with Crippen molar-refractivity contribution >= 4 is 35.8 Å². The van der Waals surface area contributed by atoms with E-state index in [-0.39, 0.29) is 28.8 Å². The monoisotopic (exact) mass is 640 g/mol. The number of carbonyl (C=O) groups is 4. The minimum Gasteiger partial charge on any atom is -0.508 e. The summed E-state index contributed by atoms with van der Waals surface area (Å²) in [5.41, 5.74) is 1.17. The van der Waals surface area contributed by atoms with Crippen LogP contribution in [0.25, 0.3) is 12.2 Å². The highest BCUT2D eigenvalue weighted by molar-refractivity contribution is 6.02. The van der Waals surface area contributed by atoms with E-state index >= 15 is 0 Å².